The van der Waals surface area contributed by atoms with Crippen molar-refractivity contribution in [2.45, 2.75) is 43.1 Å². The zero-order chi connectivity index (χ0) is 20.6. The van der Waals surface area contributed by atoms with Gasteiger partial charge in [0.2, 0.25) is 5.91 Å². The third-order valence-electron chi connectivity index (χ3n) is 4.43. The molecule has 2 aliphatic heterocycles. The van der Waals surface area contributed by atoms with Gasteiger partial charge in [0, 0.05) is 31.1 Å². The lowest BCUT2D eigenvalue weighted by Gasteiger charge is -2.31. The van der Waals surface area contributed by atoms with Gasteiger partial charge >= 0.3 is 18.0 Å². The summed E-state index contributed by atoms with van der Waals surface area (Å²) in [6.07, 6.45) is -11.0. The predicted octanol–water partition coefficient (Wildman–Crippen LogP) is 2.79. The Bertz CT molecular complexity index is 733. The van der Waals surface area contributed by atoms with Gasteiger partial charge in [0.1, 0.15) is 0 Å². The Morgan fingerprint density at radius 2 is 1.82 bits per heavy atom. The number of benzene rings is 1. The Morgan fingerprint density at radius 3 is 2.29 bits per heavy atom. The van der Waals surface area contributed by atoms with Gasteiger partial charge in [-0.1, -0.05) is 24.3 Å². The van der Waals surface area contributed by atoms with Crippen LogP contribution in [0.15, 0.2) is 34.5 Å². The highest BCUT2D eigenvalue weighted by Crippen LogP contribution is 2.52. The lowest BCUT2D eigenvalue weighted by atomic mass is 10.0. The fourth-order valence-corrected chi connectivity index (χ4v) is 2.76. The van der Waals surface area contributed by atoms with Crippen LogP contribution < -0.4 is 10.6 Å². The molecule has 0 spiro atoms. The second-order valence-electron chi connectivity index (χ2n) is 6.52. The molecule has 1 fully saturated rings. The Labute approximate surface area is 155 Å². The van der Waals surface area contributed by atoms with Gasteiger partial charge in [0.25, 0.3) is 0 Å². The first-order valence-corrected chi connectivity index (χ1v) is 8.30. The highest BCUT2D eigenvalue weighted by molar-refractivity contribution is 5.76. The van der Waals surface area contributed by atoms with E-state index in [1.54, 1.807) is 0 Å². The topological polar surface area (TPSA) is 75.1 Å². The quantitative estimate of drug-likeness (QED) is 0.734. The van der Waals surface area contributed by atoms with Crippen molar-refractivity contribution in [1.29, 1.82) is 0 Å². The zero-order valence-electron chi connectivity index (χ0n) is 14.3. The number of carbonyl (C=O) groups excluding carboxylic acids is 1. The van der Waals surface area contributed by atoms with Gasteiger partial charge in [0.05, 0.1) is 6.61 Å². The summed E-state index contributed by atoms with van der Waals surface area (Å²) in [5.74, 6) is -0.422. The van der Waals surface area contributed by atoms with Crippen LogP contribution in [0.25, 0.3) is 0 Å². The fraction of sp³-hybridized carbons (Fsp3) is 0.562. The van der Waals surface area contributed by atoms with E-state index in [1.165, 1.54) is 24.3 Å². The number of carbonyl (C=O) groups is 1. The lowest BCUT2D eigenvalue weighted by molar-refractivity contribution is -0.228. The standard InChI is InChI=1S/C16H16F6N4O2/c17-15(18,19)12-7-23-11(8-28-12)5-13(27)24-6-9-1-3-10(4-2-9)14(25-26-14)16(20,21)22/h1-4,11-12,23H,5-8H2,(H,24,27)/t11-,12-/m0/s1. The molecule has 0 radical (unpaired) electrons. The zero-order valence-corrected chi connectivity index (χ0v) is 14.3. The van der Waals surface area contributed by atoms with E-state index in [-0.39, 0.29) is 25.1 Å². The fourth-order valence-electron chi connectivity index (χ4n) is 2.76. The van der Waals surface area contributed by atoms with E-state index >= 15 is 0 Å². The summed E-state index contributed by atoms with van der Waals surface area (Å²) in [5, 5.41) is 11.4. The van der Waals surface area contributed by atoms with Crippen molar-refractivity contribution >= 4 is 5.91 Å². The summed E-state index contributed by atoms with van der Waals surface area (Å²) in [6, 6.07) is 4.77. The van der Waals surface area contributed by atoms with Crippen molar-refractivity contribution in [2.75, 3.05) is 13.2 Å². The van der Waals surface area contributed by atoms with E-state index in [1.807, 2.05) is 0 Å². The van der Waals surface area contributed by atoms with E-state index in [0.717, 1.165) is 0 Å². The lowest BCUT2D eigenvalue weighted by Crippen LogP contribution is -2.53. The Kier molecular flexibility index (Phi) is 5.36. The van der Waals surface area contributed by atoms with Crippen LogP contribution in [0.5, 0.6) is 0 Å². The molecule has 3 rings (SSSR count). The van der Waals surface area contributed by atoms with Crippen molar-refractivity contribution in [3.8, 4) is 0 Å². The summed E-state index contributed by atoms with van der Waals surface area (Å²) in [6.45, 7) is -0.621. The summed E-state index contributed by atoms with van der Waals surface area (Å²) >= 11 is 0. The van der Waals surface area contributed by atoms with E-state index < -0.39 is 42.6 Å². The van der Waals surface area contributed by atoms with E-state index in [0.29, 0.717) is 5.56 Å². The number of ether oxygens (including phenoxy) is 1. The highest BCUT2D eigenvalue weighted by Gasteiger charge is 2.65. The maximum Gasteiger partial charge on any atom is 0.442 e. The second kappa shape index (κ2) is 7.32. The number of morpholine rings is 1. The number of nitrogens with one attached hydrogen (secondary N) is 2. The molecule has 1 aromatic carbocycles. The number of hydrogen-bond acceptors (Lipinski definition) is 5. The monoisotopic (exact) mass is 410 g/mol. The molecule has 2 aliphatic rings. The molecular weight excluding hydrogens is 394 g/mol. The van der Waals surface area contributed by atoms with Gasteiger partial charge < -0.3 is 15.4 Å². The van der Waals surface area contributed by atoms with Crippen LogP contribution in [0.1, 0.15) is 17.5 Å². The van der Waals surface area contributed by atoms with Gasteiger partial charge in [-0.3, -0.25) is 4.79 Å². The van der Waals surface area contributed by atoms with Crippen molar-refractivity contribution in [3.05, 3.63) is 35.4 Å². The normalized spacial score (nSPS) is 24.1. The van der Waals surface area contributed by atoms with Crippen molar-refractivity contribution in [1.82, 2.24) is 10.6 Å². The molecule has 2 heterocycles. The molecule has 1 saturated heterocycles. The van der Waals surface area contributed by atoms with E-state index in [4.69, 9.17) is 4.74 Å². The van der Waals surface area contributed by atoms with Crippen molar-refractivity contribution in [3.63, 3.8) is 0 Å². The molecule has 0 unspecified atom stereocenters. The second-order valence-corrected chi connectivity index (χ2v) is 6.52. The first-order valence-electron chi connectivity index (χ1n) is 8.30. The average Bonchev–Trinajstić information content (AvgIpc) is 3.42. The summed E-state index contributed by atoms with van der Waals surface area (Å²) < 4.78 is 81.0. The van der Waals surface area contributed by atoms with Gasteiger partial charge in [0.15, 0.2) is 6.10 Å². The molecule has 1 amide bonds. The average molecular weight is 410 g/mol. The molecule has 6 nitrogen and oxygen atoms in total. The smallest absolute Gasteiger partial charge is 0.366 e. The van der Waals surface area contributed by atoms with Crippen LogP contribution in [0, 0.1) is 0 Å². The third-order valence-corrected chi connectivity index (χ3v) is 4.43. The molecule has 28 heavy (non-hydrogen) atoms. The molecule has 0 bridgehead atoms. The van der Waals surface area contributed by atoms with E-state index in [9.17, 15) is 31.1 Å². The number of hydrogen-bond donors (Lipinski definition) is 2. The summed E-state index contributed by atoms with van der Waals surface area (Å²) in [5.41, 5.74) is -2.05. The predicted molar refractivity (Wildman–Crippen MR) is 83.1 cm³/mol. The van der Waals surface area contributed by atoms with E-state index in [2.05, 4.69) is 20.9 Å². The Hall–Kier alpha value is -2.21. The Morgan fingerprint density at radius 1 is 1.18 bits per heavy atom. The third kappa shape index (κ3) is 4.43. The summed E-state index contributed by atoms with van der Waals surface area (Å²) in [4.78, 5) is 11.9. The van der Waals surface area contributed by atoms with Gasteiger partial charge in [-0.15, -0.1) is 10.2 Å². The first kappa shape index (κ1) is 20.5. The Balaban J connectivity index is 1.44. The number of alkyl halides is 6. The molecule has 2 atom stereocenters. The van der Waals surface area contributed by atoms with Crippen LogP contribution in [0.2, 0.25) is 0 Å². The van der Waals surface area contributed by atoms with Crippen LogP contribution in [-0.2, 0) is 21.7 Å². The maximum atomic E-state index is 12.9. The molecule has 0 aliphatic carbocycles. The first-order chi connectivity index (χ1) is 13.0. The van der Waals surface area contributed by atoms with Gasteiger partial charge in [-0.05, 0) is 5.56 Å². The molecule has 1 aromatic rings. The molecule has 0 aromatic heterocycles. The maximum absolute atomic E-state index is 12.9. The van der Waals surface area contributed by atoms with Crippen LogP contribution >= 0.6 is 0 Å². The van der Waals surface area contributed by atoms with Crippen LogP contribution in [0.4, 0.5) is 26.3 Å². The van der Waals surface area contributed by atoms with Gasteiger partial charge in [-0.25, -0.2) is 0 Å². The number of rotatable bonds is 5. The number of amides is 1. The largest absolute Gasteiger partial charge is 0.442 e. The molecule has 0 saturated carbocycles. The van der Waals surface area contributed by atoms with Gasteiger partial charge in [-0.2, -0.15) is 26.3 Å². The molecule has 154 valence electrons. The van der Waals surface area contributed by atoms with Crippen LogP contribution in [0.3, 0.4) is 0 Å². The highest BCUT2D eigenvalue weighted by atomic mass is 19.4. The molecule has 2 N–H and O–H groups in total. The SMILES string of the molecule is O=C(C[C@H]1CO[C@H](C(F)(F)F)CN1)NCc1ccc(C2(C(F)(F)F)N=N2)cc1. The summed E-state index contributed by atoms with van der Waals surface area (Å²) in [7, 11) is 0. The minimum atomic E-state index is -4.61. The minimum absolute atomic E-state index is 0.0607. The minimum Gasteiger partial charge on any atom is -0.366 e. The van der Waals surface area contributed by atoms with Crippen LogP contribution in [-0.4, -0.2) is 43.6 Å². The number of nitrogens with zero attached hydrogens (tertiary/aromatic N) is 2. The number of halogens is 6. The van der Waals surface area contributed by atoms with Crippen molar-refractivity contribution < 1.29 is 35.9 Å². The molecular formula is C16H16F6N4O2. The van der Waals surface area contributed by atoms with Crippen molar-refractivity contribution in [2.24, 2.45) is 10.2 Å². The molecule has 12 heteroatoms.